The monoisotopic (exact) mass is 238 g/mol. The SMILES string of the molecule is N#CC(c1ccc(Cl)c(F)c1)N1CCCC1. The summed E-state index contributed by atoms with van der Waals surface area (Å²) in [6.07, 6.45) is 2.21. The predicted molar refractivity (Wildman–Crippen MR) is 60.6 cm³/mol. The third kappa shape index (κ3) is 2.18. The van der Waals surface area contributed by atoms with E-state index in [-0.39, 0.29) is 11.1 Å². The highest BCUT2D eigenvalue weighted by molar-refractivity contribution is 6.30. The van der Waals surface area contributed by atoms with E-state index in [0.717, 1.165) is 25.9 Å². The lowest BCUT2D eigenvalue weighted by Gasteiger charge is -2.21. The van der Waals surface area contributed by atoms with Crippen molar-refractivity contribution in [1.29, 1.82) is 5.26 Å². The van der Waals surface area contributed by atoms with Gasteiger partial charge in [0.25, 0.3) is 0 Å². The Morgan fingerprint density at radius 2 is 2.06 bits per heavy atom. The maximum absolute atomic E-state index is 13.3. The normalized spacial score (nSPS) is 18.3. The number of likely N-dealkylation sites (tertiary alicyclic amines) is 1. The fourth-order valence-corrected chi connectivity index (χ4v) is 2.17. The molecule has 1 fully saturated rings. The van der Waals surface area contributed by atoms with E-state index >= 15 is 0 Å². The van der Waals surface area contributed by atoms with Crippen LogP contribution in [0.2, 0.25) is 5.02 Å². The van der Waals surface area contributed by atoms with Gasteiger partial charge in [-0.15, -0.1) is 0 Å². The summed E-state index contributed by atoms with van der Waals surface area (Å²) in [6.45, 7) is 1.81. The number of rotatable bonds is 2. The molecule has 2 rings (SSSR count). The lowest BCUT2D eigenvalue weighted by atomic mass is 10.1. The van der Waals surface area contributed by atoms with Gasteiger partial charge in [-0.1, -0.05) is 17.7 Å². The van der Waals surface area contributed by atoms with E-state index in [9.17, 15) is 4.39 Å². The van der Waals surface area contributed by atoms with Crippen molar-refractivity contribution < 1.29 is 4.39 Å². The van der Waals surface area contributed by atoms with Crippen LogP contribution in [0.25, 0.3) is 0 Å². The van der Waals surface area contributed by atoms with E-state index < -0.39 is 5.82 Å². The first-order chi connectivity index (χ1) is 7.72. The minimum Gasteiger partial charge on any atom is -0.284 e. The highest BCUT2D eigenvalue weighted by Gasteiger charge is 2.23. The van der Waals surface area contributed by atoms with Crippen molar-refractivity contribution in [2.24, 2.45) is 0 Å². The van der Waals surface area contributed by atoms with Crippen LogP contribution in [-0.2, 0) is 0 Å². The summed E-state index contributed by atoms with van der Waals surface area (Å²) in [5.41, 5.74) is 0.686. The number of halogens is 2. The standard InChI is InChI=1S/C12H12ClFN2/c13-10-4-3-9(7-11(10)14)12(8-15)16-5-1-2-6-16/h3-4,7,12H,1-2,5-6H2. The molecule has 1 heterocycles. The molecule has 1 aromatic carbocycles. The molecule has 0 radical (unpaired) electrons. The lowest BCUT2D eigenvalue weighted by Crippen LogP contribution is -2.24. The lowest BCUT2D eigenvalue weighted by molar-refractivity contribution is 0.294. The smallest absolute Gasteiger partial charge is 0.142 e. The van der Waals surface area contributed by atoms with E-state index in [4.69, 9.17) is 16.9 Å². The zero-order valence-electron chi connectivity index (χ0n) is 8.79. The van der Waals surface area contributed by atoms with Gasteiger partial charge in [0.1, 0.15) is 11.9 Å². The fourth-order valence-electron chi connectivity index (χ4n) is 2.05. The Labute approximate surface area is 99.2 Å². The first kappa shape index (κ1) is 11.4. The molecule has 84 valence electrons. The number of hydrogen-bond acceptors (Lipinski definition) is 2. The van der Waals surface area contributed by atoms with Crippen LogP contribution in [0.1, 0.15) is 24.4 Å². The zero-order valence-corrected chi connectivity index (χ0v) is 9.54. The maximum atomic E-state index is 13.3. The molecule has 0 amide bonds. The number of benzene rings is 1. The van der Waals surface area contributed by atoms with Crippen molar-refractivity contribution in [2.75, 3.05) is 13.1 Å². The predicted octanol–water partition coefficient (Wildman–Crippen LogP) is 3.14. The average Bonchev–Trinajstić information content (AvgIpc) is 2.78. The minimum atomic E-state index is -0.460. The number of hydrogen-bond donors (Lipinski definition) is 0. The number of nitriles is 1. The van der Waals surface area contributed by atoms with Crippen molar-refractivity contribution in [3.63, 3.8) is 0 Å². The Balaban J connectivity index is 2.26. The number of nitrogens with zero attached hydrogens (tertiary/aromatic N) is 2. The van der Waals surface area contributed by atoms with Gasteiger partial charge in [0, 0.05) is 0 Å². The maximum Gasteiger partial charge on any atom is 0.142 e. The van der Waals surface area contributed by atoms with Gasteiger partial charge in [-0.25, -0.2) is 4.39 Å². The molecule has 2 nitrogen and oxygen atoms in total. The summed E-state index contributed by atoms with van der Waals surface area (Å²) in [7, 11) is 0. The zero-order chi connectivity index (χ0) is 11.5. The van der Waals surface area contributed by atoms with Gasteiger partial charge in [-0.2, -0.15) is 5.26 Å². The fraction of sp³-hybridized carbons (Fsp3) is 0.417. The van der Waals surface area contributed by atoms with Crippen molar-refractivity contribution in [3.05, 3.63) is 34.6 Å². The van der Waals surface area contributed by atoms with Crippen LogP contribution in [0.3, 0.4) is 0 Å². The van der Waals surface area contributed by atoms with E-state index in [1.54, 1.807) is 6.07 Å². The molecule has 4 heteroatoms. The first-order valence-electron chi connectivity index (χ1n) is 5.31. The molecule has 1 aliphatic heterocycles. The molecule has 1 unspecified atom stereocenters. The molecule has 1 aromatic rings. The molecule has 0 bridgehead atoms. The minimum absolute atomic E-state index is 0.0989. The molecule has 1 atom stereocenters. The summed E-state index contributed by atoms with van der Waals surface area (Å²) in [6, 6.07) is 6.45. The Kier molecular flexibility index (Phi) is 3.42. The van der Waals surface area contributed by atoms with Gasteiger partial charge in [0.05, 0.1) is 11.1 Å². The van der Waals surface area contributed by atoms with Crippen LogP contribution in [0.5, 0.6) is 0 Å². The first-order valence-corrected chi connectivity index (χ1v) is 5.69. The molecular weight excluding hydrogens is 227 g/mol. The molecular formula is C12H12ClFN2. The summed E-state index contributed by atoms with van der Waals surface area (Å²) in [5, 5.41) is 9.25. The second kappa shape index (κ2) is 4.82. The summed E-state index contributed by atoms with van der Waals surface area (Å²) in [5.74, 6) is -0.460. The molecule has 0 N–H and O–H groups in total. The third-order valence-electron chi connectivity index (χ3n) is 2.89. The van der Waals surface area contributed by atoms with Gasteiger partial charge >= 0.3 is 0 Å². The van der Waals surface area contributed by atoms with E-state index in [1.165, 1.54) is 12.1 Å². The van der Waals surface area contributed by atoms with Crippen LogP contribution >= 0.6 is 11.6 Å². The van der Waals surface area contributed by atoms with Crippen molar-refractivity contribution in [1.82, 2.24) is 4.90 Å². The van der Waals surface area contributed by atoms with Gasteiger partial charge in [-0.3, -0.25) is 4.90 Å². The van der Waals surface area contributed by atoms with Gasteiger partial charge in [-0.05, 0) is 43.6 Å². The second-order valence-electron chi connectivity index (χ2n) is 3.95. The molecule has 0 saturated carbocycles. The molecule has 1 aliphatic rings. The molecule has 16 heavy (non-hydrogen) atoms. The van der Waals surface area contributed by atoms with E-state index in [2.05, 4.69) is 11.0 Å². The Morgan fingerprint density at radius 3 is 2.62 bits per heavy atom. The van der Waals surface area contributed by atoms with Gasteiger partial charge in [0.2, 0.25) is 0 Å². The second-order valence-corrected chi connectivity index (χ2v) is 4.36. The van der Waals surface area contributed by atoms with Crippen LogP contribution in [0.15, 0.2) is 18.2 Å². The third-order valence-corrected chi connectivity index (χ3v) is 3.19. The topological polar surface area (TPSA) is 27.0 Å². The highest BCUT2D eigenvalue weighted by Crippen LogP contribution is 2.26. The van der Waals surface area contributed by atoms with Crippen LogP contribution in [-0.4, -0.2) is 18.0 Å². The Morgan fingerprint density at radius 1 is 1.38 bits per heavy atom. The van der Waals surface area contributed by atoms with Crippen molar-refractivity contribution in [2.45, 2.75) is 18.9 Å². The molecule has 0 spiro atoms. The molecule has 0 aliphatic carbocycles. The molecule has 1 saturated heterocycles. The Hall–Kier alpha value is -1.11. The molecule has 0 aromatic heterocycles. The largest absolute Gasteiger partial charge is 0.284 e. The van der Waals surface area contributed by atoms with Crippen molar-refractivity contribution in [3.8, 4) is 6.07 Å². The quantitative estimate of drug-likeness (QED) is 0.792. The average molecular weight is 239 g/mol. The summed E-state index contributed by atoms with van der Waals surface area (Å²) < 4.78 is 13.3. The summed E-state index contributed by atoms with van der Waals surface area (Å²) in [4.78, 5) is 2.07. The highest BCUT2D eigenvalue weighted by atomic mass is 35.5. The van der Waals surface area contributed by atoms with E-state index in [0.29, 0.717) is 5.56 Å². The van der Waals surface area contributed by atoms with Crippen LogP contribution in [0.4, 0.5) is 4.39 Å². The van der Waals surface area contributed by atoms with Gasteiger partial charge < -0.3 is 0 Å². The van der Waals surface area contributed by atoms with E-state index in [1.807, 2.05) is 0 Å². The van der Waals surface area contributed by atoms with Gasteiger partial charge in [0.15, 0.2) is 0 Å². The van der Waals surface area contributed by atoms with Crippen LogP contribution in [0, 0.1) is 17.1 Å². The van der Waals surface area contributed by atoms with Crippen molar-refractivity contribution >= 4 is 11.6 Å². The Bertz CT molecular complexity index is 422. The van der Waals surface area contributed by atoms with Crippen LogP contribution < -0.4 is 0 Å². The summed E-state index contributed by atoms with van der Waals surface area (Å²) >= 11 is 5.62.